The molecule has 5 heteroatoms. The first-order valence-electron chi connectivity index (χ1n) is 11.2. The van der Waals surface area contributed by atoms with E-state index in [-0.39, 0.29) is 17.7 Å². The van der Waals surface area contributed by atoms with Crippen molar-refractivity contribution in [1.82, 2.24) is 9.97 Å². The number of aryl methyl sites for hydroxylation is 3. The monoisotopic (exact) mass is 441 g/mol. The molecule has 1 aliphatic rings. The van der Waals surface area contributed by atoms with Crippen molar-refractivity contribution < 1.29 is 4.79 Å². The molecule has 2 aromatic heterocycles. The van der Waals surface area contributed by atoms with Crippen molar-refractivity contribution in [2.24, 2.45) is 5.92 Å². The van der Waals surface area contributed by atoms with Crippen LogP contribution in [0.1, 0.15) is 46.7 Å². The third-order valence-electron chi connectivity index (χ3n) is 6.71. The van der Waals surface area contributed by atoms with E-state index in [2.05, 4.69) is 66.4 Å². The number of anilines is 1. The molecule has 32 heavy (non-hydrogen) atoms. The van der Waals surface area contributed by atoms with Crippen LogP contribution in [-0.4, -0.2) is 15.9 Å². The van der Waals surface area contributed by atoms with E-state index in [1.807, 2.05) is 23.5 Å². The van der Waals surface area contributed by atoms with Crippen LogP contribution in [0.2, 0.25) is 0 Å². The molecule has 5 rings (SSSR count). The molecule has 0 bridgehead atoms. The van der Waals surface area contributed by atoms with Crippen molar-refractivity contribution in [2.45, 2.75) is 46.0 Å². The molecule has 1 aliphatic carbocycles. The van der Waals surface area contributed by atoms with E-state index in [1.54, 1.807) is 12.4 Å². The molecule has 1 saturated carbocycles. The Morgan fingerprint density at radius 2 is 1.72 bits per heavy atom. The number of carbonyl (C=O) groups excluding carboxylic acids is 1. The Morgan fingerprint density at radius 3 is 2.50 bits per heavy atom. The molecule has 1 N–H and O–H groups in total. The summed E-state index contributed by atoms with van der Waals surface area (Å²) in [5.74, 6) is 0.630. The highest BCUT2D eigenvalue weighted by Crippen LogP contribution is 2.44. The van der Waals surface area contributed by atoms with Gasteiger partial charge in [0.2, 0.25) is 11.9 Å². The molecular weight excluding hydrogens is 414 g/mol. The minimum absolute atomic E-state index is 0.0287. The highest BCUT2D eigenvalue weighted by atomic mass is 32.1. The maximum atomic E-state index is 13.1. The Bertz CT molecular complexity index is 1250. The number of rotatable bonds is 4. The fourth-order valence-electron chi connectivity index (χ4n) is 4.75. The summed E-state index contributed by atoms with van der Waals surface area (Å²) < 4.78 is 1.31. The van der Waals surface area contributed by atoms with Crippen LogP contribution in [0, 0.1) is 26.7 Å². The lowest BCUT2D eigenvalue weighted by atomic mass is 9.93. The lowest BCUT2D eigenvalue weighted by Crippen LogP contribution is -2.25. The van der Waals surface area contributed by atoms with E-state index in [0.29, 0.717) is 5.95 Å². The second kappa shape index (κ2) is 8.47. The molecule has 0 aliphatic heterocycles. The summed E-state index contributed by atoms with van der Waals surface area (Å²) in [4.78, 5) is 23.3. The standard InChI is InChI=1S/C27H27N3OS/c1-16-7-4-5-8-21(16)20-14-28-27(29-15-20)30-26(31)23-10-6-9-22(23)25-13-19-11-17(2)18(3)12-24(19)32-25/h4-5,7-8,11-15,22-23H,6,9-10H2,1-3H3,(H,28,29,30,31). The second-order valence-corrected chi connectivity index (χ2v) is 9.98. The number of nitrogens with one attached hydrogen (secondary N) is 1. The Balaban J connectivity index is 1.33. The van der Waals surface area contributed by atoms with E-state index < -0.39 is 0 Å². The molecular formula is C27H27N3OS. The fourth-order valence-corrected chi connectivity index (χ4v) is 6.10. The predicted molar refractivity (Wildman–Crippen MR) is 132 cm³/mol. The number of aromatic nitrogens is 2. The summed E-state index contributed by atoms with van der Waals surface area (Å²) >= 11 is 1.83. The molecule has 1 fully saturated rings. The van der Waals surface area contributed by atoms with Crippen LogP contribution in [0.3, 0.4) is 0 Å². The van der Waals surface area contributed by atoms with Gasteiger partial charge >= 0.3 is 0 Å². The molecule has 2 unspecified atom stereocenters. The highest BCUT2D eigenvalue weighted by Gasteiger charge is 2.35. The minimum atomic E-state index is -0.0371. The smallest absolute Gasteiger partial charge is 0.230 e. The van der Waals surface area contributed by atoms with Gasteiger partial charge in [0.15, 0.2) is 0 Å². The molecule has 0 saturated heterocycles. The van der Waals surface area contributed by atoms with Gasteiger partial charge in [-0.05, 0) is 73.4 Å². The average Bonchev–Trinajstić information content (AvgIpc) is 3.42. The zero-order valence-corrected chi connectivity index (χ0v) is 19.5. The Hall–Kier alpha value is -3.05. The zero-order chi connectivity index (χ0) is 22.2. The molecule has 0 radical (unpaired) electrons. The van der Waals surface area contributed by atoms with Gasteiger partial charge < -0.3 is 0 Å². The number of nitrogens with zero attached hydrogens (tertiary/aromatic N) is 2. The van der Waals surface area contributed by atoms with E-state index in [0.717, 1.165) is 30.4 Å². The van der Waals surface area contributed by atoms with Crippen LogP contribution >= 0.6 is 11.3 Å². The summed E-state index contributed by atoms with van der Waals surface area (Å²) in [7, 11) is 0. The van der Waals surface area contributed by atoms with Gasteiger partial charge in [-0.3, -0.25) is 10.1 Å². The summed E-state index contributed by atoms with van der Waals surface area (Å²) in [6.07, 6.45) is 6.60. The van der Waals surface area contributed by atoms with Gasteiger partial charge in [0.1, 0.15) is 0 Å². The summed E-state index contributed by atoms with van der Waals surface area (Å²) in [6.45, 7) is 6.38. The van der Waals surface area contributed by atoms with Crippen LogP contribution in [0.4, 0.5) is 5.95 Å². The third kappa shape index (κ3) is 3.93. The van der Waals surface area contributed by atoms with Crippen molar-refractivity contribution in [3.63, 3.8) is 0 Å². The van der Waals surface area contributed by atoms with Gasteiger partial charge in [0, 0.05) is 39.4 Å². The lowest BCUT2D eigenvalue weighted by Gasteiger charge is -2.17. The van der Waals surface area contributed by atoms with E-state index in [1.165, 1.54) is 31.7 Å². The van der Waals surface area contributed by atoms with Gasteiger partial charge in [0.05, 0.1) is 0 Å². The highest BCUT2D eigenvalue weighted by molar-refractivity contribution is 7.19. The van der Waals surface area contributed by atoms with Crippen LogP contribution in [-0.2, 0) is 4.79 Å². The quantitative estimate of drug-likeness (QED) is 0.379. The van der Waals surface area contributed by atoms with Crippen LogP contribution in [0.15, 0.2) is 54.9 Å². The Labute approximate surface area is 192 Å². The topological polar surface area (TPSA) is 54.9 Å². The van der Waals surface area contributed by atoms with E-state index in [9.17, 15) is 4.79 Å². The molecule has 2 aromatic carbocycles. The summed E-state index contributed by atoms with van der Waals surface area (Å²) in [5, 5.41) is 4.26. The Kier molecular flexibility index (Phi) is 5.51. The fraction of sp³-hybridized carbons (Fsp3) is 0.296. The van der Waals surface area contributed by atoms with Crippen molar-refractivity contribution >= 4 is 33.3 Å². The number of benzene rings is 2. The average molecular weight is 442 g/mol. The lowest BCUT2D eigenvalue weighted by molar-refractivity contribution is -0.120. The Morgan fingerprint density at radius 1 is 0.969 bits per heavy atom. The van der Waals surface area contributed by atoms with Gasteiger partial charge in [0.25, 0.3) is 0 Å². The first-order valence-corrected chi connectivity index (χ1v) is 12.0. The van der Waals surface area contributed by atoms with Crippen molar-refractivity contribution in [3.05, 3.63) is 76.4 Å². The van der Waals surface area contributed by atoms with Gasteiger partial charge in [-0.2, -0.15) is 0 Å². The number of hydrogen-bond acceptors (Lipinski definition) is 4. The second-order valence-electron chi connectivity index (χ2n) is 8.87. The van der Waals surface area contributed by atoms with Crippen molar-refractivity contribution in [1.29, 1.82) is 0 Å². The van der Waals surface area contributed by atoms with Crippen molar-refractivity contribution in [3.8, 4) is 11.1 Å². The minimum Gasteiger partial charge on any atom is -0.294 e. The SMILES string of the molecule is Cc1cc2cc(C3CCCC3C(=O)Nc3ncc(-c4ccccc4C)cn3)sc2cc1C. The number of fused-ring (bicyclic) bond motifs is 1. The molecule has 2 heterocycles. The first kappa shape index (κ1) is 20.8. The summed E-state index contributed by atoms with van der Waals surface area (Å²) in [5.41, 5.74) is 5.87. The largest absolute Gasteiger partial charge is 0.294 e. The molecule has 0 spiro atoms. The van der Waals surface area contributed by atoms with E-state index in [4.69, 9.17) is 0 Å². The van der Waals surface area contributed by atoms with Crippen molar-refractivity contribution in [2.75, 3.05) is 5.32 Å². The number of hydrogen-bond donors (Lipinski definition) is 1. The van der Waals surface area contributed by atoms with Gasteiger partial charge in [-0.1, -0.05) is 36.8 Å². The van der Waals surface area contributed by atoms with Gasteiger partial charge in [-0.15, -0.1) is 11.3 Å². The summed E-state index contributed by atoms with van der Waals surface area (Å²) in [6, 6.07) is 15.0. The number of carbonyl (C=O) groups is 1. The maximum Gasteiger partial charge on any atom is 0.230 e. The third-order valence-corrected chi connectivity index (χ3v) is 7.94. The maximum absolute atomic E-state index is 13.1. The van der Waals surface area contributed by atoms with Crippen LogP contribution in [0.5, 0.6) is 0 Å². The molecule has 162 valence electrons. The number of thiophene rings is 1. The molecule has 1 amide bonds. The van der Waals surface area contributed by atoms with E-state index >= 15 is 0 Å². The van der Waals surface area contributed by atoms with Crippen LogP contribution < -0.4 is 5.32 Å². The first-order chi connectivity index (χ1) is 15.5. The zero-order valence-electron chi connectivity index (χ0n) is 18.7. The van der Waals surface area contributed by atoms with Crippen LogP contribution in [0.25, 0.3) is 21.2 Å². The molecule has 2 atom stereocenters. The number of amides is 1. The molecule has 4 aromatic rings. The van der Waals surface area contributed by atoms with Gasteiger partial charge in [-0.25, -0.2) is 9.97 Å². The predicted octanol–water partition coefficient (Wildman–Crippen LogP) is 6.81. The normalized spacial score (nSPS) is 18.2. The molecule has 4 nitrogen and oxygen atoms in total.